The van der Waals surface area contributed by atoms with Crippen molar-refractivity contribution in [3.8, 4) is 5.69 Å². The zero-order valence-corrected chi connectivity index (χ0v) is 16.3. The van der Waals surface area contributed by atoms with Crippen LogP contribution in [-0.4, -0.2) is 37.9 Å². The summed E-state index contributed by atoms with van der Waals surface area (Å²) < 4.78 is 1.70. The van der Waals surface area contributed by atoms with Crippen LogP contribution in [0.4, 0.5) is 0 Å². The lowest BCUT2D eigenvalue weighted by Crippen LogP contribution is -2.33. The molecule has 7 heteroatoms. The second-order valence-corrected chi connectivity index (χ2v) is 7.29. The third kappa shape index (κ3) is 5.56. The number of nitrogens with one attached hydrogen (secondary N) is 1. The molecular weight excluding hydrogens is 334 g/mol. The van der Waals surface area contributed by atoms with Crippen molar-refractivity contribution in [2.45, 2.75) is 64.6 Å². The number of unbranched alkanes of at least 4 members (excludes halogenated alkanes) is 2. The Kier molecular flexibility index (Phi) is 7.43. The minimum absolute atomic E-state index is 0.0181. The monoisotopic (exact) mass is 361 g/mol. The Balaban J connectivity index is 1.93. The van der Waals surface area contributed by atoms with Gasteiger partial charge in [-0.05, 0) is 54.8 Å². The highest BCUT2D eigenvalue weighted by atomic mass is 32.2. The third-order valence-electron chi connectivity index (χ3n) is 4.23. The lowest BCUT2D eigenvalue weighted by molar-refractivity contribution is -0.119. The van der Waals surface area contributed by atoms with Crippen LogP contribution in [0, 0.1) is 13.8 Å². The van der Waals surface area contributed by atoms with Gasteiger partial charge in [-0.15, -0.1) is 5.10 Å². The third-order valence-corrected chi connectivity index (χ3v) is 5.14. The number of aryl methyl sites for hydroxylation is 1. The molecule has 1 aromatic heterocycles. The maximum absolute atomic E-state index is 12.1. The summed E-state index contributed by atoms with van der Waals surface area (Å²) in [4.78, 5) is 12.1. The summed E-state index contributed by atoms with van der Waals surface area (Å²) in [6.45, 7) is 8.34. The van der Waals surface area contributed by atoms with Gasteiger partial charge >= 0.3 is 0 Å². The van der Waals surface area contributed by atoms with Gasteiger partial charge in [-0.25, -0.2) is 0 Å². The number of hydrogen-bond donors (Lipinski definition) is 1. The van der Waals surface area contributed by atoms with Gasteiger partial charge in [0.25, 0.3) is 0 Å². The number of benzene rings is 1. The van der Waals surface area contributed by atoms with Gasteiger partial charge in [-0.1, -0.05) is 50.1 Å². The van der Waals surface area contributed by atoms with E-state index in [1.807, 2.05) is 19.1 Å². The normalized spacial score (nSPS) is 12.2. The minimum atomic E-state index is 0.0181. The van der Waals surface area contributed by atoms with Gasteiger partial charge < -0.3 is 5.32 Å². The predicted molar refractivity (Wildman–Crippen MR) is 101 cm³/mol. The van der Waals surface area contributed by atoms with Crippen LogP contribution in [-0.2, 0) is 4.79 Å². The molecule has 0 spiro atoms. The molecule has 1 aromatic carbocycles. The first-order chi connectivity index (χ1) is 12.0. The first kappa shape index (κ1) is 19.4. The van der Waals surface area contributed by atoms with Gasteiger partial charge in [0.2, 0.25) is 11.1 Å². The zero-order valence-electron chi connectivity index (χ0n) is 15.5. The fourth-order valence-corrected chi connectivity index (χ4v) is 3.30. The summed E-state index contributed by atoms with van der Waals surface area (Å²) in [5.74, 6) is 0.327. The largest absolute Gasteiger partial charge is 0.353 e. The lowest BCUT2D eigenvalue weighted by atomic mass is 10.1. The van der Waals surface area contributed by atoms with E-state index in [-0.39, 0.29) is 11.9 Å². The van der Waals surface area contributed by atoms with Crippen molar-refractivity contribution in [3.05, 3.63) is 29.3 Å². The molecule has 25 heavy (non-hydrogen) atoms. The van der Waals surface area contributed by atoms with Crippen molar-refractivity contribution >= 4 is 17.7 Å². The van der Waals surface area contributed by atoms with Gasteiger partial charge in [0.15, 0.2) is 0 Å². The number of carbonyl (C=O) groups is 1. The summed E-state index contributed by atoms with van der Waals surface area (Å²) in [5.41, 5.74) is 3.26. The van der Waals surface area contributed by atoms with E-state index in [0.29, 0.717) is 10.9 Å². The number of tetrazole rings is 1. The average Bonchev–Trinajstić information content (AvgIpc) is 3.04. The van der Waals surface area contributed by atoms with Gasteiger partial charge in [0, 0.05) is 6.04 Å². The van der Waals surface area contributed by atoms with Crippen LogP contribution >= 0.6 is 11.8 Å². The van der Waals surface area contributed by atoms with Gasteiger partial charge in [-0.2, -0.15) is 4.68 Å². The van der Waals surface area contributed by atoms with E-state index in [0.717, 1.165) is 24.1 Å². The minimum Gasteiger partial charge on any atom is -0.353 e. The molecular formula is C18H27N5OS. The van der Waals surface area contributed by atoms with Gasteiger partial charge in [0.05, 0.1) is 11.4 Å². The molecule has 0 aliphatic heterocycles. The predicted octanol–water partition coefficient (Wildman–Crippen LogP) is 3.46. The van der Waals surface area contributed by atoms with Crippen LogP contribution < -0.4 is 5.32 Å². The van der Waals surface area contributed by atoms with E-state index in [4.69, 9.17) is 0 Å². The Labute approximate surface area is 153 Å². The molecule has 136 valence electrons. The standard InChI is InChI=1S/C18H27N5OS/c1-5-6-7-10-14(3)19-17(24)12-25-18-20-21-22-23(18)16-11-8-9-13(2)15(16)4/h8-9,11,14H,5-7,10,12H2,1-4H3,(H,19,24). The fourth-order valence-electron chi connectivity index (χ4n) is 2.60. The van der Waals surface area contributed by atoms with Crippen LogP contribution in [0.15, 0.2) is 23.4 Å². The Morgan fingerprint density at radius 1 is 1.32 bits per heavy atom. The van der Waals surface area contributed by atoms with Gasteiger partial charge in [0.1, 0.15) is 0 Å². The number of nitrogens with zero attached hydrogens (tertiary/aromatic N) is 4. The van der Waals surface area contributed by atoms with Crippen molar-refractivity contribution in [2.75, 3.05) is 5.75 Å². The summed E-state index contributed by atoms with van der Waals surface area (Å²) >= 11 is 1.36. The average molecular weight is 362 g/mol. The summed E-state index contributed by atoms with van der Waals surface area (Å²) in [6.07, 6.45) is 4.57. The number of amides is 1. The van der Waals surface area contributed by atoms with Crippen LogP contribution in [0.5, 0.6) is 0 Å². The van der Waals surface area contributed by atoms with E-state index in [1.54, 1.807) is 4.68 Å². The molecule has 2 aromatic rings. The smallest absolute Gasteiger partial charge is 0.230 e. The van der Waals surface area contributed by atoms with Crippen molar-refractivity contribution < 1.29 is 4.79 Å². The molecule has 6 nitrogen and oxygen atoms in total. The van der Waals surface area contributed by atoms with Crippen molar-refractivity contribution in [2.24, 2.45) is 0 Å². The first-order valence-electron chi connectivity index (χ1n) is 8.80. The highest BCUT2D eigenvalue weighted by Crippen LogP contribution is 2.22. The second kappa shape index (κ2) is 9.56. The summed E-state index contributed by atoms with van der Waals surface area (Å²) in [6, 6.07) is 6.23. The number of thioether (sulfide) groups is 1. The van der Waals surface area contributed by atoms with Crippen molar-refractivity contribution in [1.29, 1.82) is 0 Å². The molecule has 0 fully saturated rings. The highest BCUT2D eigenvalue weighted by molar-refractivity contribution is 7.99. The Morgan fingerprint density at radius 3 is 2.88 bits per heavy atom. The lowest BCUT2D eigenvalue weighted by Gasteiger charge is -2.13. The molecule has 0 radical (unpaired) electrons. The number of hydrogen-bond acceptors (Lipinski definition) is 5. The van der Waals surface area contributed by atoms with Crippen LogP contribution in [0.25, 0.3) is 5.69 Å². The molecule has 0 saturated heterocycles. The Hall–Kier alpha value is -1.89. The quantitative estimate of drug-likeness (QED) is 0.547. The van der Waals surface area contributed by atoms with E-state index in [9.17, 15) is 4.79 Å². The van der Waals surface area contributed by atoms with Crippen LogP contribution in [0.3, 0.4) is 0 Å². The summed E-state index contributed by atoms with van der Waals surface area (Å²) in [5, 5.41) is 15.6. The number of aromatic nitrogens is 4. The molecule has 1 N–H and O–H groups in total. The molecule has 1 heterocycles. The van der Waals surface area contributed by atoms with E-state index < -0.39 is 0 Å². The Morgan fingerprint density at radius 2 is 2.12 bits per heavy atom. The SMILES string of the molecule is CCCCCC(C)NC(=O)CSc1nnnn1-c1cccc(C)c1C. The maximum atomic E-state index is 12.1. The highest BCUT2D eigenvalue weighted by Gasteiger charge is 2.14. The van der Waals surface area contributed by atoms with Crippen LogP contribution in [0.1, 0.15) is 50.7 Å². The molecule has 0 aliphatic carbocycles. The second-order valence-electron chi connectivity index (χ2n) is 6.35. The van der Waals surface area contributed by atoms with Gasteiger partial charge in [-0.3, -0.25) is 4.79 Å². The maximum Gasteiger partial charge on any atom is 0.230 e. The zero-order chi connectivity index (χ0) is 18.2. The molecule has 0 bridgehead atoms. The molecule has 1 unspecified atom stereocenters. The number of carbonyl (C=O) groups excluding carboxylic acids is 1. The fraction of sp³-hybridized carbons (Fsp3) is 0.556. The van der Waals surface area contributed by atoms with Crippen molar-refractivity contribution in [1.82, 2.24) is 25.5 Å². The van der Waals surface area contributed by atoms with Crippen LogP contribution in [0.2, 0.25) is 0 Å². The molecule has 1 atom stereocenters. The molecule has 0 aliphatic rings. The molecule has 0 saturated carbocycles. The van der Waals surface area contributed by atoms with E-state index >= 15 is 0 Å². The molecule has 2 rings (SSSR count). The van der Waals surface area contributed by atoms with Crippen molar-refractivity contribution in [3.63, 3.8) is 0 Å². The first-order valence-corrected chi connectivity index (χ1v) is 9.78. The molecule has 1 amide bonds. The number of rotatable bonds is 9. The Bertz CT molecular complexity index is 701. The topological polar surface area (TPSA) is 72.7 Å². The summed E-state index contributed by atoms with van der Waals surface area (Å²) in [7, 11) is 0. The van der Waals surface area contributed by atoms with E-state index in [2.05, 4.69) is 47.7 Å². The van der Waals surface area contributed by atoms with E-state index in [1.165, 1.54) is 30.2 Å².